The van der Waals surface area contributed by atoms with E-state index in [4.69, 9.17) is 0 Å². The zero-order valence-electron chi connectivity index (χ0n) is 8.27. The van der Waals surface area contributed by atoms with Gasteiger partial charge in [-0.05, 0) is 18.2 Å². The number of aromatic nitrogens is 2. The molecular weight excluding hydrogens is 209 g/mol. The smallest absolute Gasteiger partial charge is 0.283 e. The van der Waals surface area contributed by atoms with Crippen LogP contribution in [0.1, 0.15) is 0 Å². The molecule has 0 aliphatic heterocycles. The minimum Gasteiger partial charge on any atom is -0.320 e. The zero-order chi connectivity index (χ0) is 11.5. The van der Waals surface area contributed by atoms with Crippen molar-refractivity contribution >= 4 is 22.5 Å². The first kappa shape index (κ1) is 10.2. The number of nitrogens with one attached hydrogen (secondary N) is 1. The summed E-state index contributed by atoms with van der Waals surface area (Å²) >= 11 is 0. The molecule has 0 unspecified atom stereocenters. The first-order valence-corrected chi connectivity index (χ1v) is 4.52. The molecule has 2 rings (SSSR count). The third-order valence-corrected chi connectivity index (χ3v) is 2.01. The predicted molar refractivity (Wildman–Crippen MR) is 58.4 cm³/mol. The van der Waals surface area contributed by atoms with Crippen molar-refractivity contribution in [1.29, 1.82) is 0 Å². The van der Waals surface area contributed by atoms with Gasteiger partial charge in [-0.25, -0.2) is 14.4 Å². The fraction of sp³-hybridized carbons (Fsp3) is 0. The van der Waals surface area contributed by atoms with Gasteiger partial charge in [0, 0.05) is 17.3 Å². The van der Waals surface area contributed by atoms with E-state index in [1.165, 1.54) is 6.33 Å². The van der Waals surface area contributed by atoms with Crippen LogP contribution < -0.4 is 5.32 Å². The van der Waals surface area contributed by atoms with Gasteiger partial charge in [0.15, 0.2) is 5.83 Å². The minimum absolute atomic E-state index is 0.478. The van der Waals surface area contributed by atoms with Gasteiger partial charge in [-0.3, -0.25) is 4.79 Å². The molecule has 0 aliphatic rings. The molecule has 16 heavy (non-hydrogen) atoms. The summed E-state index contributed by atoms with van der Waals surface area (Å²) in [5.74, 6) is -1.87. The lowest BCUT2D eigenvalue weighted by molar-refractivity contribution is -0.114. The Morgan fingerprint density at radius 1 is 1.44 bits per heavy atom. The predicted octanol–water partition coefficient (Wildman–Crippen LogP) is 2.05. The third-order valence-electron chi connectivity index (χ3n) is 2.01. The Kier molecular flexibility index (Phi) is 2.59. The highest BCUT2D eigenvalue weighted by Gasteiger charge is 2.06. The average molecular weight is 217 g/mol. The van der Waals surface area contributed by atoms with Crippen LogP contribution in [0.15, 0.2) is 43.1 Å². The highest BCUT2D eigenvalue weighted by molar-refractivity contribution is 6.02. The number of carbonyl (C=O) groups is 1. The van der Waals surface area contributed by atoms with Gasteiger partial charge >= 0.3 is 0 Å². The number of hydrogen-bond donors (Lipinski definition) is 1. The van der Waals surface area contributed by atoms with Gasteiger partial charge in [0.1, 0.15) is 6.33 Å². The summed E-state index contributed by atoms with van der Waals surface area (Å²) in [7, 11) is 0. The molecule has 0 bridgehead atoms. The number of anilines is 1. The second-order valence-electron chi connectivity index (χ2n) is 3.16. The van der Waals surface area contributed by atoms with Crippen LogP contribution in [0, 0.1) is 0 Å². The molecule has 1 aromatic carbocycles. The second-order valence-corrected chi connectivity index (χ2v) is 3.16. The Balaban J connectivity index is 2.33. The maximum atomic E-state index is 12.5. The molecule has 0 atom stereocenters. The van der Waals surface area contributed by atoms with Crippen molar-refractivity contribution in [2.45, 2.75) is 0 Å². The molecule has 4 nitrogen and oxygen atoms in total. The lowest BCUT2D eigenvalue weighted by atomic mass is 10.2. The first-order chi connectivity index (χ1) is 7.66. The van der Waals surface area contributed by atoms with Crippen LogP contribution in [0.4, 0.5) is 10.1 Å². The van der Waals surface area contributed by atoms with Crippen molar-refractivity contribution in [2.24, 2.45) is 0 Å². The van der Waals surface area contributed by atoms with Crippen LogP contribution >= 0.6 is 0 Å². The third kappa shape index (κ3) is 2.03. The molecule has 1 heterocycles. The molecule has 1 aromatic heterocycles. The zero-order valence-corrected chi connectivity index (χ0v) is 8.27. The van der Waals surface area contributed by atoms with Crippen LogP contribution in [0.5, 0.6) is 0 Å². The molecule has 2 aromatic rings. The van der Waals surface area contributed by atoms with Crippen LogP contribution in [-0.2, 0) is 4.79 Å². The lowest BCUT2D eigenvalue weighted by Gasteiger charge is -2.03. The van der Waals surface area contributed by atoms with E-state index in [0.29, 0.717) is 5.69 Å². The molecule has 0 saturated heterocycles. The summed E-state index contributed by atoms with van der Waals surface area (Å²) in [5.41, 5.74) is 1.23. The fourth-order valence-corrected chi connectivity index (χ4v) is 1.26. The van der Waals surface area contributed by atoms with Crippen molar-refractivity contribution in [3.8, 4) is 0 Å². The highest BCUT2D eigenvalue weighted by atomic mass is 19.1. The van der Waals surface area contributed by atoms with E-state index in [1.807, 2.05) is 0 Å². The molecule has 1 N–H and O–H groups in total. The van der Waals surface area contributed by atoms with Gasteiger partial charge < -0.3 is 5.32 Å². The van der Waals surface area contributed by atoms with Crippen molar-refractivity contribution in [3.05, 3.63) is 43.1 Å². The highest BCUT2D eigenvalue weighted by Crippen LogP contribution is 2.16. The summed E-state index contributed by atoms with van der Waals surface area (Å²) in [6.45, 7) is 2.91. The number of amides is 1. The summed E-state index contributed by atoms with van der Waals surface area (Å²) in [5, 5.41) is 3.13. The molecule has 0 spiro atoms. The number of fused-ring (bicyclic) bond motifs is 1. The van der Waals surface area contributed by atoms with Gasteiger partial charge in [-0.2, -0.15) is 0 Å². The maximum Gasteiger partial charge on any atom is 0.283 e. The maximum absolute atomic E-state index is 12.5. The molecule has 0 fully saturated rings. The summed E-state index contributed by atoms with van der Waals surface area (Å²) < 4.78 is 12.5. The van der Waals surface area contributed by atoms with E-state index >= 15 is 0 Å². The number of nitrogens with zero attached hydrogens (tertiary/aromatic N) is 2. The van der Waals surface area contributed by atoms with Crippen LogP contribution in [-0.4, -0.2) is 15.9 Å². The number of hydrogen-bond acceptors (Lipinski definition) is 3. The van der Waals surface area contributed by atoms with Gasteiger partial charge in [0.25, 0.3) is 5.91 Å². The van der Waals surface area contributed by atoms with E-state index in [0.717, 1.165) is 10.9 Å². The van der Waals surface area contributed by atoms with Crippen molar-refractivity contribution in [1.82, 2.24) is 9.97 Å². The number of halogens is 1. The van der Waals surface area contributed by atoms with Crippen LogP contribution in [0.25, 0.3) is 10.9 Å². The Morgan fingerprint density at radius 3 is 3.00 bits per heavy atom. The molecular formula is C11H8FN3O. The van der Waals surface area contributed by atoms with Gasteiger partial charge in [0.2, 0.25) is 0 Å². The number of benzene rings is 1. The van der Waals surface area contributed by atoms with E-state index in [-0.39, 0.29) is 0 Å². The second kappa shape index (κ2) is 4.06. The van der Waals surface area contributed by atoms with E-state index in [1.54, 1.807) is 24.4 Å². The van der Waals surface area contributed by atoms with Crippen LogP contribution in [0.3, 0.4) is 0 Å². The molecule has 80 valence electrons. The van der Waals surface area contributed by atoms with Gasteiger partial charge in [0.05, 0.1) is 5.52 Å². The molecule has 0 aliphatic carbocycles. The molecule has 5 heteroatoms. The lowest BCUT2D eigenvalue weighted by Crippen LogP contribution is -2.10. The average Bonchev–Trinajstić information content (AvgIpc) is 2.28. The standard InChI is InChI=1S/C11H8FN3O/c1-7(12)11(16)15-9-2-3-10-8(4-9)5-13-6-14-10/h2-6H,1H2,(H,15,16). The normalized spacial score (nSPS) is 10.1. The molecule has 0 saturated carbocycles. The summed E-state index contributed by atoms with van der Waals surface area (Å²) in [6, 6.07) is 5.01. The Bertz CT molecular complexity index is 568. The van der Waals surface area contributed by atoms with Crippen molar-refractivity contribution in [2.75, 3.05) is 5.32 Å². The minimum atomic E-state index is -1.02. The summed E-state index contributed by atoms with van der Waals surface area (Å²) in [4.78, 5) is 18.9. The first-order valence-electron chi connectivity index (χ1n) is 4.52. The van der Waals surface area contributed by atoms with Gasteiger partial charge in [-0.15, -0.1) is 0 Å². The summed E-state index contributed by atoms with van der Waals surface area (Å²) in [6.07, 6.45) is 3.05. The quantitative estimate of drug-likeness (QED) is 0.783. The van der Waals surface area contributed by atoms with Crippen molar-refractivity contribution < 1.29 is 9.18 Å². The SMILES string of the molecule is C=C(F)C(=O)Nc1ccc2ncncc2c1. The van der Waals surface area contributed by atoms with E-state index < -0.39 is 11.7 Å². The topological polar surface area (TPSA) is 54.9 Å². The molecule has 1 amide bonds. The van der Waals surface area contributed by atoms with Crippen molar-refractivity contribution in [3.63, 3.8) is 0 Å². The Hall–Kier alpha value is -2.30. The fourth-order valence-electron chi connectivity index (χ4n) is 1.26. The largest absolute Gasteiger partial charge is 0.320 e. The number of carbonyl (C=O) groups excluding carboxylic acids is 1. The Morgan fingerprint density at radius 2 is 2.25 bits per heavy atom. The Labute approximate surface area is 90.8 Å². The van der Waals surface area contributed by atoms with E-state index in [9.17, 15) is 9.18 Å². The monoisotopic (exact) mass is 217 g/mol. The molecule has 0 radical (unpaired) electrons. The number of rotatable bonds is 2. The van der Waals surface area contributed by atoms with E-state index in [2.05, 4.69) is 21.9 Å². The van der Waals surface area contributed by atoms with Gasteiger partial charge in [-0.1, -0.05) is 6.58 Å². The van der Waals surface area contributed by atoms with Crippen LogP contribution in [0.2, 0.25) is 0 Å².